The fraction of sp³-hybridized carbons (Fsp3) is 0.241. The van der Waals surface area contributed by atoms with Crippen molar-refractivity contribution in [2.45, 2.75) is 40.5 Å². The lowest BCUT2D eigenvalue weighted by molar-refractivity contribution is 0.646. The Morgan fingerprint density at radius 2 is 1.81 bits per heavy atom. The van der Waals surface area contributed by atoms with Crippen LogP contribution in [0.3, 0.4) is 0 Å². The van der Waals surface area contributed by atoms with Crippen LogP contribution < -0.4 is 0 Å². The predicted molar refractivity (Wildman–Crippen MR) is 138 cm³/mol. The Morgan fingerprint density at radius 3 is 2.53 bits per heavy atom. The van der Waals surface area contributed by atoms with E-state index < -0.39 is 0 Å². The Hall–Kier alpha value is -3.46. The lowest BCUT2D eigenvalue weighted by atomic mass is 9.91. The maximum atomic E-state index is 6.42. The molecule has 3 nitrogen and oxygen atoms in total. The molecule has 162 valence electrons. The molecule has 4 rings (SSSR count). The molecule has 0 bridgehead atoms. The van der Waals surface area contributed by atoms with Crippen LogP contribution in [0.1, 0.15) is 54.6 Å². The van der Waals surface area contributed by atoms with Crippen LogP contribution in [-0.2, 0) is 0 Å². The number of aromatic nitrogens is 1. The van der Waals surface area contributed by atoms with Gasteiger partial charge >= 0.3 is 0 Å². The second-order valence-electron chi connectivity index (χ2n) is 8.65. The van der Waals surface area contributed by atoms with E-state index in [1.54, 1.807) is 7.05 Å². The van der Waals surface area contributed by atoms with Crippen LogP contribution in [0.4, 0.5) is 0 Å². The quantitative estimate of drug-likeness (QED) is 0.186. The molecule has 32 heavy (non-hydrogen) atoms. The van der Waals surface area contributed by atoms with Crippen molar-refractivity contribution in [3.05, 3.63) is 88.6 Å². The van der Waals surface area contributed by atoms with Gasteiger partial charge in [-0.2, -0.15) is 0 Å². The number of fused-ring (bicyclic) bond motifs is 3. The molecular weight excluding hydrogens is 392 g/mol. The summed E-state index contributed by atoms with van der Waals surface area (Å²) in [5.74, 6) is 0.355. The number of pyridine rings is 1. The lowest BCUT2D eigenvalue weighted by Crippen LogP contribution is -1.92. The summed E-state index contributed by atoms with van der Waals surface area (Å²) in [6.45, 7) is 10.7. The van der Waals surface area contributed by atoms with E-state index in [1.165, 1.54) is 22.3 Å². The highest BCUT2D eigenvalue weighted by Gasteiger charge is 2.18. The lowest BCUT2D eigenvalue weighted by Gasteiger charge is -2.13. The first kappa shape index (κ1) is 21.8. The molecule has 0 saturated carbocycles. The van der Waals surface area contributed by atoms with Gasteiger partial charge in [-0.15, -0.1) is 0 Å². The largest absolute Gasteiger partial charge is 0.437 e. The molecule has 0 fully saturated rings. The van der Waals surface area contributed by atoms with Crippen LogP contribution >= 0.6 is 0 Å². The van der Waals surface area contributed by atoms with Gasteiger partial charge in [-0.1, -0.05) is 61.9 Å². The smallest absolute Gasteiger partial charge is 0.227 e. The summed E-state index contributed by atoms with van der Waals surface area (Å²) in [4.78, 5) is 8.91. The van der Waals surface area contributed by atoms with Crippen LogP contribution in [0.25, 0.3) is 33.2 Å². The molecule has 2 aromatic heterocycles. The van der Waals surface area contributed by atoms with E-state index in [-0.39, 0.29) is 0 Å². The van der Waals surface area contributed by atoms with Gasteiger partial charge in [0, 0.05) is 35.3 Å². The van der Waals surface area contributed by atoms with Crippen molar-refractivity contribution in [2.75, 3.05) is 7.05 Å². The van der Waals surface area contributed by atoms with Crippen LogP contribution in [0.2, 0.25) is 0 Å². The maximum absolute atomic E-state index is 6.42. The standard InChI is InChI=1S/C29H30N2O/c1-18(2)26-15-14-25-24-13-12-20(4)27(28(24)32-29(25)31-26)21(5)23(11-8-16-30-6)22-10-7-9-19(3)17-22/h7-18H,1-6H3/b11-8-,23-21-,30-16?. The van der Waals surface area contributed by atoms with Crippen LogP contribution in [0.15, 0.2) is 70.1 Å². The summed E-state index contributed by atoms with van der Waals surface area (Å²) < 4.78 is 6.42. The number of allylic oxidation sites excluding steroid dienone is 4. The minimum Gasteiger partial charge on any atom is -0.437 e. The first-order valence-electron chi connectivity index (χ1n) is 11.1. The zero-order chi connectivity index (χ0) is 22.8. The molecule has 0 aliphatic heterocycles. The summed E-state index contributed by atoms with van der Waals surface area (Å²) in [6, 6.07) is 17.2. The second kappa shape index (κ2) is 8.96. The van der Waals surface area contributed by atoms with Crippen LogP contribution in [0.5, 0.6) is 0 Å². The normalized spacial score (nSPS) is 13.2. The number of furan rings is 1. The van der Waals surface area contributed by atoms with Gasteiger partial charge in [0.1, 0.15) is 5.58 Å². The van der Waals surface area contributed by atoms with E-state index in [1.807, 2.05) is 12.3 Å². The highest BCUT2D eigenvalue weighted by atomic mass is 16.3. The fourth-order valence-electron chi connectivity index (χ4n) is 4.23. The Labute approximate surface area is 190 Å². The number of nitrogens with zero attached hydrogens (tertiary/aromatic N) is 2. The summed E-state index contributed by atoms with van der Waals surface area (Å²) in [5, 5.41) is 2.16. The van der Waals surface area contributed by atoms with Crippen LogP contribution in [0, 0.1) is 13.8 Å². The first-order chi connectivity index (χ1) is 15.4. The molecule has 0 unspecified atom stereocenters. The molecule has 0 atom stereocenters. The van der Waals surface area contributed by atoms with Gasteiger partial charge in [-0.25, -0.2) is 4.98 Å². The summed E-state index contributed by atoms with van der Waals surface area (Å²) >= 11 is 0. The third-order valence-electron chi connectivity index (χ3n) is 5.93. The molecule has 0 N–H and O–H groups in total. The minimum atomic E-state index is 0.355. The number of rotatable bonds is 5. The van der Waals surface area contributed by atoms with Gasteiger partial charge in [0.2, 0.25) is 5.71 Å². The third-order valence-corrected chi connectivity index (χ3v) is 5.93. The van der Waals surface area contributed by atoms with Gasteiger partial charge in [-0.3, -0.25) is 4.99 Å². The average Bonchev–Trinajstić information content (AvgIpc) is 3.13. The van der Waals surface area contributed by atoms with Gasteiger partial charge in [0.05, 0.1) is 0 Å². The van der Waals surface area contributed by atoms with E-state index in [2.05, 4.69) is 94.2 Å². The zero-order valence-corrected chi connectivity index (χ0v) is 19.7. The molecule has 0 saturated heterocycles. The molecule has 3 heteroatoms. The van der Waals surface area contributed by atoms with Gasteiger partial charge < -0.3 is 4.42 Å². The van der Waals surface area contributed by atoms with E-state index in [0.717, 1.165) is 33.2 Å². The van der Waals surface area contributed by atoms with Gasteiger partial charge in [0.15, 0.2) is 0 Å². The number of hydrogen-bond acceptors (Lipinski definition) is 3. The summed E-state index contributed by atoms with van der Waals surface area (Å²) in [6.07, 6.45) is 5.94. The average molecular weight is 423 g/mol. The Bertz CT molecular complexity index is 1380. The van der Waals surface area contributed by atoms with Crippen molar-refractivity contribution in [1.82, 2.24) is 4.98 Å². The van der Waals surface area contributed by atoms with Crippen molar-refractivity contribution >= 4 is 39.4 Å². The summed E-state index contributed by atoms with van der Waals surface area (Å²) in [7, 11) is 1.78. The first-order valence-corrected chi connectivity index (χ1v) is 11.1. The fourth-order valence-corrected chi connectivity index (χ4v) is 4.23. The number of aryl methyl sites for hydroxylation is 2. The SMILES string of the molecule is CN=C/C=C\C(=C(/C)c1c(C)ccc2c1oc1nc(C(C)C)ccc12)c1cccc(C)c1. The highest BCUT2D eigenvalue weighted by Crippen LogP contribution is 2.38. The zero-order valence-electron chi connectivity index (χ0n) is 19.7. The molecule has 4 aromatic rings. The van der Waals surface area contributed by atoms with Crippen molar-refractivity contribution < 1.29 is 4.42 Å². The topological polar surface area (TPSA) is 38.4 Å². The minimum absolute atomic E-state index is 0.355. The third kappa shape index (κ3) is 4.03. The predicted octanol–water partition coefficient (Wildman–Crippen LogP) is 7.91. The van der Waals surface area contributed by atoms with Crippen molar-refractivity contribution in [3.63, 3.8) is 0 Å². The van der Waals surface area contributed by atoms with Crippen LogP contribution in [-0.4, -0.2) is 18.2 Å². The molecule has 0 amide bonds. The van der Waals surface area contributed by atoms with E-state index in [0.29, 0.717) is 11.6 Å². The van der Waals surface area contributed by atoms with Gasteiger partial charge in [0.25, 0.3) is 0 Å². The molecular formula is C29H30N2O. The van der Waals surface area contributed by atoms with E-state index in [4.69, 9.17) is 9.40 Å². The van der Waals surface area contributed by atoms with E-state index >= 15 is 0 Å². The van der Waals surface area contributed by atoms with Gasteiger partial charge in [-0.05, 0) is 67.2 Å². The monoisotopic (exact) mass is 422 g/mol. The van der Waals surface area contributed by atoms with Crippen molar-refractivity contribution in [2.24, 2.45) is 4.99 Å². The molecule has 0 aliphatic rings. The molecule has 2 heterocycles. The van der Waals surface area contributed by atoms with E-state index in [9.17, 15) is 0 Å². The Balaban J connectivity index is 2.02. The molecule has 0 aliphatic carbocycles. The number of benzene rings is 2. The maximum Gasteiger partial charge on any atom is 0.227 e. The highest BCUT2D eigenvalue weighted by molar-refractivity contribution is 6.10. The van der Waals surface area contributed by atoms with Crippen molar-refractivity contribution in [1.29, 1.82) is 0 Å². The molecule has 0 spiro atoms. The molecule has 0 radical (unpaired) electrons. The second-order valence-corrected chi connectivity index (χ2v) is 8.65. The molecule has 2 aromatic carbocycles. The number of hydrogen-bond donors (Lipinski definition) is 0. The Morgan fingerprint density at radius 1 is 1.03 bits per heavy atom. The Kier molecular flexibility index (Phi) is 6.09. The van der Waals surface area contributed by atoms with Crippen molar-refractivity contribution in [3.8, 4) is 0 Å². The number of aliphatic imine (C=N–C) groups is 1. The summed E-state index contributed by atoms with van der Waals surface area (Å²) in [5.41, 5.74) is 9.69.